The van der Waals surface area contributed by atoms with Gasteiger partial charge in [0.2, 0.25) is 0 Å². The number of unbranched alkanes of at least 4 members (excludes halogenated alkanes) is 2. The van der Waals surface area contributed by atoms with E-state index in [0.29, 0.717) is 30.8 Å². The molecule has 0 aliphatic rings. The van der Waals surface area contributed by atoms with Crippen molar-refractivity contribution in [3.8, 4) is 5.75 Å². The summed E-state index contributed by atoms with van der Waals surface area (Å²) in [4.78, 5) is 9.77. The van der Waals surface area contributed by atoms with E-state index in [0.717, 1.165) is 51.4 Å². The van der Waals surface area contributed by atoms with E-state index in [-0.39, 0.29) is 0 Å². The molecule has 1 aromatic rings. The van der Waals surface area contributed by atoms with Crippen LogP contribution in [0, 0.1) is 11.8 Å². The second-order valence-electron chi connectivity index (χ2n) is 7.23. The van der Waals surface area contributed by atoms with Crippen LogP contribution in [-0.4, -0.2) is 23.2 Å². The molecule has 5 nitrogen and oxygen atoms in total. The predicted octanol–water partition coefficient (Wildman–Crippen LogP) is 6.95. The van der Waals surface area contributed by atoms with Crippen molar-refractivity contribution in [1.29, 1.82) is 0 Å². The van der Waals surface area contributed by atoms with E-state index in [2.05, 4.69) is 27.7 Å². The van der Waals surface area contributed by atoms with Crippen LogP contribution in [0.4, 0.5) is 0 Å². The van der Waals surface area contributed by atoms with E-state index in [1.54, 1.807) is 24.3 Å². The summed E-state index contributed by atoms with van der Waals surface area (Å²) in [7, 11) is -3.89. The van der Waals surface area contributed by atoms with E-state index in [9.17, 15) is 9.46 Å². The molecule has 28 heavy (non-hydrogen) atoms. The second kappa shape index (κ2) is 17.0. The molecule has 2 unspecified atom stereocenters. The minimum atomic E-state index is -3.89. The molecule has 0 heterocycles. The minimum absolute atomic E-state index is 0.316. The Labute approximate surface area is 172 Å². The highest BCUT2D eigenvalue weighted by molar-refractivity contribution is 7.47. The lowest BCUT2D eigenvalue weighted by molar-refractivity contribution is 0.110. The summed E-state index contributed by atoms with van der Waals surface area (Å²) in [5.74, 6) is 1.01. The van der Waals surface area contributed by atoms with Gasteiger partial charge in [0.25, 0.3) is 0 Å². The first-order valence-electron chi connectivity index (χ1n) is 10.7. The topological polar surface area (TPSA) is 76.0 Å². The maximum absolute atomic E-state index is 11.9. The number of para-hydroxylation sites is 1. The first-order chi connectivity index (χ1) is 13.4. The molecule has 1 aromatic carbocycles. The first kappa shape index (κ1) is 27.1. The van der Waals surface area contributed by atoms with Crippen molar-refractivity contribution in [3.63, 3.8) is 0 Å². The molecule has 0 spiro atoms. The van der Waals surface area contributed by atoms with E-state index in [1.807, 2.05) is 6.07 Å². The summed E-state index contributed by atoms with van der Waals surface area (Å²) in [6, 6.07) is 8.71. The van der Waals surface area contributed by atoms with E-state index in [4.69, 9.17) is 14.2 Å². The Morgan fingerprint density at radius 3 is 1.57 bits per heavy atom. The normalized spacial score (nSPS) is 15.2. The zero-order chi connectivity index (χ0) is 21.3. The van der Waals surface area contributed by atoms with Crippen molar-refractivity contribution >= 4 is 7.82 Å². The van der Waals surface area contributed by atoms with Gasteiger partial charge in [-0.1, -0.05) is 84.4 Å². The van der Waals surface area contributed by atoms with Gasteiger partial charge >= 0.3 is 7.82 Å². The number of phenolic OH excluding ortho intramolecular Hbond substituents is 1. The van der Waals surface area contributed by atoms with Crippen LogP contribution in [0.3, 0.4) is 0 Å². The molecule has 0 amide bonds. The van der Waals surface area contributed by atoms with Crippen LogP contribution in [-0.2, 0) is 13.6 Å². The van der Waals surface area contributed by atoms with Gasteiger partial charge in [0.15, 0.2) is 0 Å². The van der Waals surface area contributed by atoms with Gasteiger partial charge in [0, 0.05) is 0 Å². The summed E-state index contributed by atoms with van der Waals surface area (Å²) in [5, 5.41) is 8.63. The highest BCUT2D eigenvalue weighted by Gasteiger charge is 2.24. The van der Waals surface area contributed by atoms with Crippen LogP contribution in [0.25, 0.3) is 0 Å². The Hall–Kier alpha value is -0.870. The lowest BCUT2D eigenvalue weighted by atomic mass is 10.0. The van der Waals surface area contributed by atoms with Crippen LogP contribution < -0.4 is 0 Å². The van der Waals surface area contributed by atoms with E-state index in [1.165, 1.54) is 0 Å². The molecular weight excluding hydrogens is 375 g/mol. The van der Waals surface area contributed by atoms with Gasteiger partial charge in [-0.15, -0.1) is 0 Å². The summed E-state index contributed by atoms with van der Waals surface area (Å²) in [6.45, 7) is 9.10. The van der Waals surface area contributed by atoms with Gasteiger partial charge in [-0.25, -0.2) is 4.57 Å². The smallest absolute Gasteiger partial charge is 0.472 e. The summed E-state index contributed by atoms with van der Waals surface area (Å²) >= 11 is 0. The van der Waals surface area contributed by atoms with Crippen molar-refractivity contribution in [1.82, 2.24) is 0 Å². The monoisotopic (exact) mass is 416 g/mol. The third-order valence-corrected chi connectivity index (χ3v) is 5.74. The van der Waals surface area contributed by atoms with Crippen molar-refractivity contribution in [2.45, 2.75) is 79.1 Å². The number of phosphoric acid groups is 1. The Balaban J connectivity index is 0.000000861. The van der Waals surface area contributed by atoms with Crippen LogP contribution >= 0.6 is 7.82 Å². The number of benzene rings is 1. The third-order valence-electron chi connectivity index (χ3n) is 4.79. The zero-order valence-corrected chi connectivity index (χ0v) is 19.1. The lowest BCUT2D eigenvalue weighted by Crippen LogP contribution is -2.12. The lowest BCUT2D eigenvalue weighted by Gasteiger charge is -2.20. The third kappa shape index (κ3) is 15.1. The summed E-state index contributed by atoms with van der Waals surface area (Å²) < 4.78 is 22.2. The number of hydrogen-bond donors (Lipinski definition) is 2. The number of rotatable bonds is 14. The van der Waals surface area contributed by atoms with Gasteiger partial charge in [-0.3, -0.25) is 9.05 Å². The molecule has 0 fully saturated rings. The minimum Gasteiger partial charge on any atom is -0.508 e. The van der Waals surface area contributed by atoms with Gasteiger partial charge in [-0.2, -0.15) is 0 Å². The van der Waals surface area contributed by atoms with Crippen molar-refractivity contribution in [2.24, 2.45) is 11.8 Å². The fourth-order valence-corrected chi connectivity index (χ4v) is 3.53. The number of aromatic hydroxyl groups is 1. The Morgan fingerprint density at radius 1 is 0.857 bits per heavy atom. The summed E-state index contributed by atoms with van der Waals surface area (Å²) in [5.41, 5.74) is 0. The standard InChI is InChI=1S/C16H35O4P.C6H6O/c1-5-9-11-15(7-3)13-19-21(17,18)20-14-16(8-4)12-10-6-2;7-6-4-2-1-3-5-6/h15-16H,5-14H2,1-4H3,(H,17,18);1-5,7H. The highest BCUT2D eigenvalue weighted by Crippen LogP contribution is 2.44. The van der Waals surface area contributed by atoms with Gasteiger partial charge < -0.3 is 10.00 Å². The molecule has 2 N–H and O–H groups in total. The molecule has 6 heteroatoms. The Bertz CT molecular complexity index is 485. The zero-order valence-electron chi connectivity index (χ0n) is 18.2. The average molecular weight is 417 g/mol. The largest absolute Gasteiger partial charge is 0.508 e. The quantitative estimate of drug-likeness (QED) is 0.321. The van der Waals surface area contributed by atoms with Gasteiger partial charge in [0.05, 0.1) is 13.2 Å². The predicted molar refractivity (Wildman–Crippen MR) is 116 cm³/mol. The number of phenols is 1. The molecular formula is C22H41O5P. The molecule has 0 aliphatic carbocycles. The van der Waals surface area contributed by atoms with Crippen LogP contribution in [0.5, 0.6) is 5.75 Å². The molecule has 1 rings (SSSR count). The number of hydrogen-bond acceptors (Lipinski definition) is 4. The Morgan fingerprint density at radius 2 is 1.29 bits per heavy atom. The fourth-order valence-electron chi connectivity index (χ4n) is 2.66. The molecule has 0 bridgehead atoms. The van der Waals surface area contributed by atoms with Crippen molar-refractivity contribution < 1.29 is 23.6 Å². The molecule has 0 saturated carbocycles. The molecule has 164 valence electrons. The highest BCUT2D eigenvalue weighted by atomic mass is 31.2. The van der Waals surface area contributed by atoms with Crippen molar-refractivity contribution in [2.75, 3.05) is 13.2 Å². The SMILES string of the molecule is CCCCC(CC)COP(=O)(O)OCC(CC)CCCC.Oc1ccccc1. The average Bonchev–Trinajstić information content (AvgIpc) is 2.69. The maximum atomic E-state index is 11.9. The van der Waals surface area contributed by atoms with Crippen LogP contribution in [0.15, 0.2) is 30.3 Å². The first-order valence-corrected chi connectivity index (χ1v) is 12.2. The molecule has 0 aromatic heterocycles. The van der Waals surface area contributed by atoms with E-state index >= 15 is 0 Å². The van der Waals surface area contributed by atoms with Gasteiger partial charge in [0.1, 0.15) is 5.75 Å². The fraction of sp³-hybridized carbons (Fsp3) is 0.727. The number of phosphoric ester groups is 1. The second-order valence-corrected chi connectivity index (χ2v) is 8.68. The molecule has 0 radical (unpaired) electrons. The van der Waals surface area contributed by atoms with Crippen molar-refractivity contribution in [3.05, 3.63) is 30.3 Å². The Kier molecular flexibility index (Phi) is 16.5. The van der Waals surface area contributed by atoms with Crippen LogP contribution in [0.2, 0.25) is 0 Å². The van der Waals surface area contributed by atoms with Gasteiger partial charge in [-0.05, 0) is 36.8 Å². The molecule has 0 aliphatic heterocycles. The molecule has 0 saturated heterocycles. The summed E-state index contributed by atoms with van der Waals surface area (Å²) in [6.07, 6.45) is 8.56. The van der Waals surface area contributed by atoms with Crippen LogP contribution in [0.1, 0.15) is 79.1 Å². The van der Waals surface area contributed by atoms with E-state index < -0.39 is 7.82 Å². The maximum Gasteiger partial charge on any atom is 0.472 e. The molecule has 2 atom stereocenters.